The summed E-state index contributed by atoms with van der Waals surface area (Å²) in [7, 11) is 0. The Labute approximate surface area is 96.8 Å². The van der Waals surface area contributed by atoms with E-state index in [4.69, 9.17) is 4.74 Å². The molecule has 0 amide bonds. The van der Waals surface area contributed by atoms with Crippen LogP contribution in [-0.4, -0.2) is 22.7 Å². The minimum absolute atomic E-state index is 0.0690. The molecule has 0 spiro atoms. The maximum atomic E-state index is 13.5. The summed E-state index contributed by atoms with van der Waals surface area (Å²) >= 11 is 0. The number of benzene rings is 1. The van der Waals surface area contributed by atoms with Crippen LogP contribution >= 0.6 is 0 Å². The van der Waals surface area contributed by atoms with Crippen LogP contribution in [0.15, 0.2) is 12.1 Å². The molecule has 0 saturated carbocycles. The number of halogens is 2. The zero-order valence-corrected chi connectivity index (χ0v) is 9.34. The Kier molecular flexibility index (Phi) is 2.36. The molecule has 0 aliphatic carbocycles. The van der Waals surface area contributed by atoms with E-state index in [0.717, 1.165) is 12.5 Å². The number of nitrogens with zero attached hydrogens (tertiary/aromatic N) is 1. The van der Waals surface area contributed by atoms with Crippen molar-refractivity contribution in [2.45, 2.75) is 25.4 Å². The summed E-state index contributed by atoms with van der Waals surface area (Å²) in [6.45, 7) is 2.56. The molecular formula is C12H12F2N2O. The first-order chi connectivity index (χ1) is 8.15. The molecule has 2 heterocycles. The maximum absolute atomic E-state index is 13.5. The summed E-state index contributed by atoms with van der Waals surface area (Å²) in [5, 5.41) is 0. The molecule has 2 unspecified atom stereocenters. The minimum Gasteiger partial charge on any atom is -0.378 e. The average molecular weight is 238 g/mol. The summed E-state index contributed by atoms with van der Waals surface area (Å²) in [6.07, 6.45) is 1.04. The van der Waals surface area contributed by atoms with Gasteiger partial charge >= 0.3 is 0 Å². The number of aromatic amines is 1. The Morgan fingerprint density at radius 2 is 2.24 bits per heavy atom. The molecule has 1 N–H and O–H groups in total. The van der Waals surface area contributed by atoms with Crippen LogP contribution in [0.1, 0.15) is 25.1 Å². The number of fused-ring (bicyclic) bond motifs is 1. The van der Waals surface area contributed by atoms with E-state index < -0.39 is 11.6 Å². The van der Waals surface area contributed by atoms with Gasteiger partial charge in [0.1, 0.15) is 11.3 Å². The predicted octanol–water partition coefficient (Wildman–Crippen LogP) is 2.73. The van der Waals surface area contributed by atoms with Gasteiger partial charge in [0.05, 0.1) is 18.2 Å². The smallest absolute Gasteiger partial charge is 0.186 e. The summed E-state index contributed by atoms with van der Waals surface area (Å²) in [5.41, 5.74) is 0.595. The topological polar surface area (TPSA) is 37.9 Å². The molecule has 3 nitrogen and oxygen atoms in total. The van der Waals surface area contributed by atoms with Gasteiger partial charge in [-0.15, -0.1) is 0 Å². The lowest BCUT2D eigenvalue weighted by Crippen LogP contribution is -2.00. The Morgan fingerprint density at radius 1 is 1.41 bits per heavy atom. The first kappa shape index (κ1) is 10.7. The normalized spacial score (nSPS) is 24.6. The van der Waals surface area contributed by atoms with Crippen molar-refractivity contribution in [3.05, 3.63) is 29.6 Å². The van der Waals surface area contributed by atoms with Crippen LogP contribution in [0.4, 0.5) is 8.78 Å². The van der Waals surface area contributed by atoms with Gasteiger partial charge < -0.3 is 9.72 Å². The van der Waals surface area contributed by atoms with Crippen LogP contribution in [0.5, 0.6) is 0 Å². The number of aromatic nitrogens is 2. The number of rotatable bonds is 1. The lowest BCUT2D eigenvalue weighted by molar-refractivity contribution is 0.123. The van der Waals surface area contributed by atoms with E-state index in [9.17, 15) is 8.78 Å². The molecule has 3 rings (SSSR count). The van der Waals surface area contributed by atoms with E-state index in [-0.39, 0.29) is 17.5 Å². The van der Waals surface area contributed by atoms with Gasteiger partial charge in [-0.05, 0) is 25.5 Å². The summed E-state index contributed by atoms with van der Waals surface area (Å²) in [5.74, 6) is -0.947. The van der Waals surface area contributed by atoms with Crippen molar-refractivity contribution in [1.29, 1.82) is 0 Å². The molecule has 1 aromatic carbocycles. The molecule has 17 heavy (non-hydrogen) atoms. The van der Waals surface area contributed by atoms with Gasteiger partial charge in [-0.2, -0.15) is 0 Å². The van der Waals surface area contributed by atoms with Crippen molar-refractivity contribution in [3.63, 3.8) is 0 Å². The van der Waals surface area contributed by atoms with Gasteiger partial charge in [0.25, 0.3) is 0 Å². The van der Waals surface area contributed by atoms with E-state index in [2.05, 4.69) is 9.97 Å². The fraction of sp³-hybridized carbons (Fsp3) is 0.417. The fourth-order valence-electron chi connectivity index (χ4n) is 2.24. The molecule has 90 valence electrons. The van der Waals surface area contributed by atoms with Crippen LogP contribution in [0, 0.1) is 11.6 Å². The Balaban J connectivity index is 2.05. The minimum atomic E-state index is -0.892. The molecule has 1 aliphatic heterocycles. The second-order valence-corrected chi connectivity index (χ2v) is 4.46. The molecule has 1 saturated heterocycles. The monoisotopic (exact) mass is 238 g/mol. The van der Waals surface area contributed by atoms with Gasteiger partial charge in [0.15, 0.2) is 11.6 Å². The van der Waals surface area contributed by atoms with Crippen molar-refractivity contribution in [2.24, 2.45) is 0 Å². The predicted molar refractivity (Wildman–Crippen MR) is 58.8 cm³/mol. The molecule has 1 aliphatic rings. The number of hydrogen-bond acceptors (Lipinski definition) is 2. The molecule has 1 fully saturated rings. The SMILES string of the molecule is CC1CC(c2nc3c(F)c(F)ccc3[nH]2)CO1. The standard InChI is InChI=1S/C12H12F2N2O/c1-6-4-7(5-17-6)12-15-9-3-2-8(13)10(14)11(9)16-12/h2-3,6-7H,4-5H2,1H3,(H,15,16). The Bertz CT molecular complexity index is 567. The van der Waals surface area contributed by atoms with Gasteiger partial charge in [-0.1, -0.05) is 0 Å². The zero-order chi connectivity index (χ0) is 12.0. The van der Waals surface area contributed by atoms with Crippen molar-refractivity contribution < 1.29 is 13.5 Å². The van der Waals surface area contributed by atoms with Crippen LogP contribution in [0.2, 0.25) is 0 Å². The van der Waals surface area contributed by atoms with Gasteiger partial charge in [-0.25, -0.2) is 13.8 Å². The maximum Gasteiger partial charge on any atom is 0.186 e. The highest BCUT2D eigenvalue weighted by Crippen LogP contribution is 2.29. The van der Waals surface area contributed by atoms with E-state index >= 15 is 0 Å². The van der Waals surface area contributed by atoms with E-state index in [1.54, 1.807) is 0 Å². The molecule has 2 atom stereocenters. The van der Waals surface area contributed by atoms with Gasteiger partial charge in [0.2, 0.25) is 0 Å². The first-order valence-electron chi connectivity index (χ1n) is 5.60. The largest absolute Gasteiger partial charge is 0.378 e. The average Bonchev–Trinajstić information content (AvgIpc) is 2.90. The summed E-state index contributed by atoms with van der Waals surface area (Å²) < 4.78 is 32.0. The molecule has 2 aromatic rings. The van der Waals surface area contributed by atoms with Gasteiger partial charge in [-0.3, -0.25) is 0 Å². The van der Waals surface area contributed by atoms with Crippen LogP contribution in [0.25, 0.3) is 11.0 Å². The molecule has 5 heteroatoms. The highest BCUT2D eigenvalue weighted by atomic mass is 19.2. The highest BCUT2D eigenvalue weighted by molar-refractivity contribution is 5.75. The van der Waals surface area contributed by atoms with Crippen LogP contribution in [-0.2, 0) is 4.74 Å². The zero-order valence-electron chi connectivity index (χ0n) is 9.34. The number of hydrogen-bond donors (Lipinski definition) is 1. The molecule has 0 bridgehead atoms. The van der Waals surface area contributed by atoms with Crippen molar-refractivity contribution in [2.75, 3.05) is 6.61 Å². The fourth-order valence-corrected chi connectivity index (χ4v) is 2.24. The third-order valence-electron chi connectivity index (χ3n) is 3.15. The second-order valence-electron chi connectivity index (χ2n) is 4.46. The van der Waals surface area contributed by atoms with Crippen LogP contribution in [0.3, 0.4) is 0 Å². The lowest BCUT2D eigenvalue weighted by atomic mass is 10.1. The molecular weight excluding hydrogens is 226 g/mol. The molecule has 0 radical (unpaired) electrons. The lowest BCUT2D eigenvalue weighted by Gasteiger charge is -2.01. The van der Waals surface area contributed by atoms with Crippen molar-refractivity contribution >= 4 is 11.0 Å². The second kappa shape index (κ2) is 3.77. The van der Waals surface area contributed by atoms with E-state index in [1.165, 1.54) is 6.07 Å². The number of H-pyrrole nitrogens is 1. The Morgan fingerprint density at radius 3 is 2.94 bits per heavy atom. The Hall–Kier alpha value is -1.49. The summed E-state index contributed by atoms with van der Waals surface area (Å²) in [4.78, 5) is 7.17. The van der Waals surface area contributed by atoms with Gasteiger partial charge in [0, 0.05) is 5.92 Å². The number of imidazole rings is 1. The van der Waals surface area contributed by atoms with Crippen molar-refractivity contribution in [3.8, 4) is 0 Å². The number of nitrogens with one attached hydrogen (secondary N) is 1. The quantitative estimate of drug-likeness (QED) is 0.829. The molecule has 1 aromatic heterocycles. The first-order valence-corrected chi connectivity index (χ1v) is 5.60. The third kappa shape index (κ3) is 1.70. The van der Waals surface area contributed by atoms with E-state index in [0.29, 0.717) is 17.9 Å². The third-order valence-corrected chi connectivity index (χ3v) is 3.15. The van der Waals surface area contributed by atoms with Crippen molar-refractivity contribution in [1.82, 2.24) is 9.97 Å². The summed E-state index contributed by atoms with van der Waals surface area (Å²) in [6, 6.07) is 2.61. The van der Waals surface area contributed by atoms with E-state index in [1.807, 2.05) is 6.92 Å². The number of ether oxygens (including phenoxy) is 1. The van der Waals surface area contributed by atoms with Crippen LogP contribution < -0.4 is 0 Å². The highest BCUT2D eigenvalue weighted by Gasteiger charge is 2.26.